The summed E-state index contributed by atoms with van der Waals surface area (Å²) in [4.78, 5) is 21.3. The first-order valence-electron chi connectivity index (χ1n) is 7.34. The molecule has 0 spiro atoms. The lowest BCUT2D eigenvalue weighted by atomic mass is 10.1. The third-order valence-corrected chi connectivity index (χ3v) is 3.96. The number of aromatic amines is 1. The molecule has 122 valence electrons. The molecule has 4 rings (SSSR count). The monoisotopic (exact) mass is 330 g/mol. The van der Waals surface area contributed by atoms with Gasteiger partial charge in [0.15, 0.2) is 5.69 Å². The van der Waals surface area contributed by atoms with Gasteiger partial charge in [-0.15, -0.1) is 0 Å². The fourth-order valence-electron chi connectivity index (χ4n) is 2.76. The number of rotatable bonds is 2. The summed E-state index contributed by atoms with van der Waals surface area (Å²) in [5.74, 6) is -1.24. The maximum absolute atomic E-state index is 13.9. The number of amides is 1. The minimum absolute atomic E-state index is 0.195. The van der Waals surface area contributed by atoms with Gasteiger partial charge in [0, 0.05) is 25.1 Å². The maximum Gasteiger partial charge on any atom is 0.276 e. The molecule has 3 heterocycles. The largest absolute Gasteiger partial charge is 0.364 e. The number of halogens is 2. The lowest BCUT2D eigenvalue weighted by Gasteiger charge is -2.25. The fourth-order valence-corrected chi connectivity index (χ4v) is 2.76. The van der Waals surface area contributed by atoms with Gasteiger partial charge >= 0.3 is 0 Å². The number of nitrogens with one attached hydrogen (secondary N) is 1. The summed E-state index contributed by atoms with van der Waals surface area (Å²) in [5, 5.41) is 3.64. The molecule has 0 fully saturated rings. The second kappa shape index (κ2) is 5.55. The second-order valence-corrected chi connectivity index (χ2v) is 5.50. The smallest absolute Gasteiger partial charge is 0.276 e. The van der Waals surface area contributed by atoms with Crippen LogP contribution in [0.3, 0.4) is 0 Å². The first kappa shape index (κ1) is 14.6. The van der Waals surface area contributed by atoms with Gasteiger partial charge < -0.3 is 14.4 Å². The van der Waals surface area contributed by atoms with E-state index in [1.54, 1.807) is 4.90 Å². The van der Waals surface area contributed by atoms with Crippen LogP contribution in [0.1, 0.15) is 21.9 Å². The van der Waals surface area contributed by atoms with E-state index < -0.39 is 11.6 Å². The summed E-state index contributed by atoms with van der Waals surface area (Å²) < 4.78 is 31.6. The number of H-pyrrole nitrogens is 1. The molecule has 1 aromatic carbocycles. The first-order valence-corrected chi connectivity index (χ1v) is 7.34. The van der Waals surface area contributed by atoms with Crippen molar-refractivity contribution in [2.45, 2.75) is 13.0 Å². The van der Waals surface area contributed by atoms with Gasteiger partial charge in [0.05, 0.1) is 23.5 Å². The van der Waals surface area contributed by atoms with Gasteiger partial charge in [0.25, 0.3) is 5.91 Å². The highest BCUT2D eigenvalue weighted by Gasteiger charge is 2.26. The van der Waals surface area contributed by atoms with E-state index in [2.05, 4.69) is 15.1 Å². The van der Waals surface area contributed by atoms with E-state index in [0.29, 0.717) is 25.3 Å². The van der Waals surface area contributed by atoms with Crippen LogP contribution in [-0.2, 0) is 13.0 Å². The van der Waals surface area contributed by atoms with Crippen molar-refractivity contribution in [3.8, 4) is 11.4 Å². The summed E-state index contributed by atoms with van der Waals surface area (Å²) in [6, 6.07) is 4.84. The molecule has 0 aliphatic carbocycles. The number of benzene rings is 1. The first-order chi connectivity index (χ1) is 11.6. The molecule has 0 unspecified atom stereocenters. The van der Waals surface area contributed by atoms with Gasteiger partial charge in [0.1, 0.15) is 23.7 Å². The average Bonchev–Trinajstić information content (AvgIpc) is 3.23. The van der Waals surface area contributed by atoms with Gasteiger partial charge in [0.2, 0.25) is 0 Å². The molecule has 0 bridgehead atoms. The molecule has 3 aromatic rings. The van der Waals surface area contributed by atoms with Gasteiger partial charge in [-0.25, -0.2) is 13.8 Å². The van der Waals surface area contributed by atoms with E-state index in [4.69, 9.17) is 4.52 Å². The van der Waals surface area contributed by atoms with Crippen LogP contribution in [0.5, 0.6) is 0 Å². The third kappa shape index (κ3) is 2.45. The molecule has 0 atom stereocenters. The van der Waals surface area contributed by atoms with Gasteiger partial charge in [-0.2, -0.15) is 0 Å². The van der Waals surface area contributed by atoms with Crippen LogP contribution in [0, 0.1) is 11.6 Å². The Morgan fingerprint density at radius 3 is 2.92 bits per heavy atom. The molecule has 1 amide bonds. The Balaban J connectivity index is 1.61. The molecule has 0 saturated heterocycles. The van der Waals surface area contributed by atoms with E-state index >= 15 is 0 Å². The Morgan fingerprint density at radius 2 is 2.17 bits per heavy atom. The van der Waals surface area contributed by atoms with Crippen LogP contribution < -0.4 is 0 Å². The van der Waals surface area contributed by atoms with E-state index in [1.807, 2.05) is 0 Å². The standard InChI is InChI=1S/C16H12F2N4O2/c17-9-1-2-10(11(18)7-9)15-19-12-3-5-22(8-14(12)20-15)16(23)13-4-6-24-21-13/h1-2,4,6-7H,3,5,8H2,(H,19,20). The topological polar surface area (TPSA) is 75.0 Å². The van der Waals surface area contributed by atoms with Crippen molar-refractivity contribution in [3.05, 3.63) is 59.2 Å². The number of imidazole rings is 1. The molecule has 1 N–H and O–H groups in total. The Hall–Kier alpha value is -3.03. The normalized spacial score (nSPS) is 13.8. The number of aromatic nitrogens is 3. The minimum atomic E-state index is -0.684. The SMILES string of the molecule is O=C(c1ccon1)N1CCc2nc(-c3ccc(F)cc3F)[nH]c2C1. The van der Waals surface area contributed by atoms with Crippen molar-refractivity contribution in [1.29, 1.82) is 0 Å². The number of hydrogen-bond acceptors (Lipinski definition) is 4. The highest BCUT2D eigenvalue weighted by molar-refractivity contribution is 5.92. The van der Waals surface area contributed by atoms with Gasteiger partial charge in [-0.1, -0.05) is 5.16 Å². The van der Waals surface area contributed by atoms with E-state index in [-0.39, 0.29) is 17.2 Å². The van der Waals surface area contributed by atoms with Gasteiger partial charge in [-0.05, 0) is 12.1 Å². The summed E-state index contributed by atoms with van der Waals surface area (Å²) in [7, 11) is 0. The fraction of sp³-hybridized carbons (Fsp3) is 0.188. The van der Waals surface area contributed by atoms with E-state index in [9.17, 15) is 13.6 Å². The lowest BCUT2D eigenvalue weighted by molar-refractivity contribution is 0.0721. The summed E-state index contributed by atoms with van der Waals surface area (Å²) in [6.07, 6.45) is 1.88. The van der Waals surface area contributed by atoms with Crippen molar-refractivity contribution < 1.29 is 18.1 Å². The zero-order valence-electron chi connectivity index (χ0n) is 12.4. The molecule has 24 heavy (non-hydrogen) atoms. The highest BCUT2D eigenvalue weighted by atomic mass is 19.1. The Bertz CT molecular complexity index is 905. The van der Waals surface area contributed by atoms with E-state index in [1.165, 1.54) is 24.5 Å². The molecule has 1 aliphatic rings. The number of hydrogen-bond donors (Lipinski definition) is 1. The van der Waals surface area contributed by atoms with Crippen molar-refractivity contribution in [2.24, 2.45) is 0 Å². The number of carbonyl (C=O) groups is 1. The molecular weight excluding hydrogens is 318 g/mol. The summed E-state index contributed by atoms with van der Waals surface area (Å²) in [5.41, 5.74) is 1.94. The maximum atomic E-state index is 13.9. The molecule has 1 aliphatic heterocycles. The second-order valence-electron chi connectivity index (χ2n) is 5.50. The molecule has 6 nitrogen and oxygen atoms in total. The number of fused-ring (bicyclic) bond motifs is 1. The molecular formula is C16H12F2N4O2. The van der Waals surface area contributed by atoms with Crippen molar-refractivity contribution in [3.63, 3.8) is 0 Å². The van der Waals surface area contributed by atoms with Crippen molar-refractivity contribution >= 4 is 5.91 Å². The molecule has 2 aromatic heterocycles. The average molecular weight is 330 g/mol. The predicted molar refractivity (Wildman–Crippen MR) is 78.9 cm³/mol. The van der Waals surface area contributed by atoms with Crippen LogP contribution in [0.4, 0.5) is 8.78 Å². The van der Waals surface area contributed by atoms with Crippen LogP contribution >= 0.6 is 0 Å². The molecule has 0 radical (unpaired) electrons. The predicted octanol–water partition coefficient (Wildman–Crippen LogP) is 2.54. The Kier molecular flexibility index (Phi) is 3.37. The van der Waals surface area contributed by atoms with Crippen LogP contribution in [0.2, 0.25) is 0 Å². The van der Waals surface area contributed by atoms with Crippen LogP contribution in [0.15, 0.2) is 35.1 Å². The van der Waals surface area contributed by atoms with Gasteiger partial charge in [-0.3, -0.25) is 4.79 Å². The van der Waals surface area contributed by atoms with Crippen LogP contribution in [0.25, 0.3) is 11.4 Å². The van der Waals surface area contributed by atoms with E-state index in [0.717, 1.165) is 17.5 Å². The quantitative estimate of drug-likeness (QED) is 0.783. The zero-order chi connectivity index (χ0) is 16.7. The van der Waals surface area contributed by atoms with Crippen LogP contribution in [-0.4, -0.2) is 32.5 Å². The Labute approximate surface area is 135 Å². The summed E-state index contributed by atoms with van der Waals surface area (Å²) >= 11 is 0. The minimum Gasteiger partial charge on any atom is -0.364 e. The third-order valence-electron chi connectivity index (χ3n) is 3.96. The van der Waals surface area contributed by atoms with Crippen molar-refractivity contribution in [2.75, 3.05) is 6.54 Å². The molecule has 0 saturated carbocycles. The zero-order valence-corrected chi connectivity index (χ0v) is 12.4. The number of nitrogens with zero attached hydrogens (tertiary/aromatic N) is 3. The van der Waals surface area contributed by atoms with Crippen molar-refractivity contribution in [1.82, 2.24) is 20.0 Å². The Morgan fingerprint density at radius 1 is 1.29 bits per heavy atom. The molecule has 8 heteroatoms. The number of carbonyl (C=O) groups excluding carboxylic acids is 1. The summed E-state index contributed by atoms with van der Waals surface area (Å²) in [6.45, 7) is 0.797. The lowest BCUT2D eigenvalue weighted by Crippen LogP contribution is -2.36. The highest BCUT2D eigenvalue weighted by Crippen LogP contribution is 2.25.